The number of nitrogens with zero attached hydrogens (tertiary/aromatic N) is 6. The van der Waals surface area contributed by atoms with Crippen LogP contribution >= 0.6 is 0 Å². The number of anilines is 6. The van der Waals surface area contributed by atoms with Gasteiger partial charge in [0.05, 0.1) is 99.4 Å². The highest BCUT2D eigenvalue weighted by Crippen LogP contribution is 2.51. The molecule has 0 atom stereocenters. The second-order valence-corrected chi connectivity index (χ2v) is 26.7. The van der Waals surface area contributed by atoms with Crippen LogP contribution in [0, 0.1) is 0 Å². The molecule has 0 spiro atoms. The third kappa shape index (κ3) is 9.24. The topological polar surface area (TPSA) is 26.2 Å². The second-order valence-electron chi connectivity index (χ2n) is 26.7. The lowest BCUT2D eigenvalue weighted by Gasteiger charge is -2.45. The van der Waals surface area contributed by atoms with E-state index in [0.29, 0.717) is 106 Å². The number of para-hydroxylation sites is 10. The smallest absolute Gasteiger partial charge is 0.252 e. The molecule has 2 aliphatic rings. The Labute approximate surface area is 675 Å². The van der Waals surface area contributed by atoms with Gasteiger partial charge in [-0.15, -0.1) is 0 Å². The van der Waals surface area contributed by atoms with Gasteiger partial charge in [-0.1, -0.05) is 260 Å². The first-order valence-corrected chi connectivity index (χ1v) is 35.1. The van der Waals surface area contributed by atoms with Gasteiger partial charge in [-0.3, -0.25) is 0 Å². The molecule has 109 heavy (non-hydrogen) atoms. The van der Waals surface area contributed by atoms with Gasteiger partial charge in [-0.25, -0.2) is 0 Å². The van der Waals surface area contributed by atoms with Gasteiger partial charge in [-0.2, -0.15) is 0 Å². The summed E-state index contributed by atoms with van der Waals surface area (Å²) in [7, 11) is 0. The Balaban J connectivity index is 0.776. The van der Waals surface area contributed by atoms with Crippen LogP contribution in [0.2, 0.25) is 0 Å². The first-order chi connectivity index (χ1) is 67.4. The predicted molar refractivity (Wildman–Crippen MR) is 460 cm³/mol. The van der Waals surface area contributed by atoms with E-state index in [0.717, 1.165) is 0 Å². The fourth-order valence-corrected chi connectivity index (χ4v) is 16.6. The van der Waals surface area contributed by atoms with Crippen LogP contribution in [0.1, 0.15) is 43.9 Å². The number of hydrogen-bond donors (Lipinski definition) is 0. The van der Waals surface area contributed by atoms with Gasteiger partial charge in [0.15, 0.2) is 0 Å². The highest BCUT2D eigenvalue weighted by atomic mass is 15.2. The number of rotatable bonds is 10. The van der Waals surface area contributed by atoms with Crippen molar-refractivity contribution in [1.29, 1.82) is 0 Å². The molecular formula is C102H65BN6. The molecule has 21 aromatic rings. The maximum absolute atomic E-state index is 9.76. The van der Waals surface area contributed by atoms with Crippen molar-refractivity contribution >= 4 is 144 Å². The summed E-state index contributed by atoms with van der Waals surface area (Å²) in [6.45, 7) is -0.894. The molecule has 17 aromatic carbocycles. The van der Waals surface area contributed by atoms with Crippen molar-refractivity contribution in [2.24, 2.45) is 0 Å². The fourth-order valence-electron chi connectivity index (χ4n) is 16.6. The van der Waals surface area contributed by atoms with Crippen LogP contribution in [-0.2, 0) is 0 Å². The highest BCUT2D eigenvalue weighted by molar-refractivity contribution is 7.00. The van der Waals surface area contributed by atoms with E-state index in [9.17, 15) is 27.4 Å². The molecule has 7 heteroatoms. The molecule has 0 saturated heterocycles. The molecule has 23 rings (SSSR count). The Morgan fingerprint density at radius 2 is 0.459 bits per heavy atom. The highest BCUT2D eigenvalue weighted by Gasteiger charge is 2.44. The summed E-state index contributed by atoms with van der Waals surface area (Å²) in [6.07, 6.45) is 0. The van der Waals surface area contributed by atoms with Crippen molar-refractivity contribution in [2.75, 3.05) is 9.80 Å². The SMILES string of the molecule is [2H]c1c([2H])c([2H])c2c(c1[2H])c1c([2H])c([2H])c([2H])c([2H])c1n2-c1cccc(-c2cccc(-c3ccccc3N3c4cc(-n5c6c([2H])c([2H])c([2H])c([2H])c6c6c([2H])c([2H])c([2H])c([2H])c65)ccc4B4c5ccc(-n6c7c([2H])c([2H])c([2H])c([2H])c7c7c([2H])c([2H])c([2H])c([2H])c76)cc5N(c5ccccc5-c5cccc(-c6cccc(-n7c8c([2H])c([2H])c([2H])c([2H])c8c8c([2H])c([2H])c([2H])c([2H])c87)c6)c5)c5cccc3c54)c2)c1. The largest absolute Gasteiger partial charge is 0.311 e. The fraction of sp³-hybridized carbons (Fsp3) is 0. The minimum absolute atomic E-state index is 0.0756. The van der Waals surface area contributed by atoms with E-state index in [2.05, 4.69) is 0 Å². The normalized spacial score (nSPS) is 16.6. The third-order valence-corrected chi connectivity index (χ3v) is 21.1. The molecular weight excluding hydrogens is 1320 g/mol. The van der Waals surface area contributed by atoms with E-state index in [1.807, 2.05) is 149 Å². The summed E-state index contributed by atoms with van der Waals surface area (Å²) in [4.78, 5) is 4.09. The lowest BCUT2D eigenvalue weighted by molar-refractivity contribution is 1.17. The van der Waals surface area contributed by atoms with Gasteiger partial charge in [0.2, 0.25) is 0 Å². The molecule has 0 radical (unpaired) electrons. The first kappa shape index (κ1) is 37.5. The molecule has 2 aliphatic heterocycles. The minimum Gasteiger partial charge on any atom is -0.311 e. The van der Waals surface area contributed by atoms with Crippen LogP contribution in [0.3, 0.4) is 0 Å². The first-order valence-electron chi connectivity index (χ1n) is 51.1. The van der Waals surface area contributed by atoms with Crippen molar-refractivity contribution in [3.63, 3.8) is 0 Å². The van der Waals surface area contributed by atoms with Crippen LogP contribution in [0.5, 0.6) is 0 Å². The third-order valence-electron chi connectivity index (χ3n) is 21.1. The van der Waals surface area contributed by atoms with Gasteiger partial charge in [-0.05, 0) is 183 Å². The average molecular weight is 1420 g/mol. The van der Waals surface area contributed by atoms with Crippen molar-refractivity contribution in [3.8, 4) is 67.3 Å². The van der Waals surface area contributed by atoms with Crippen molar-refractivity contribution in [3.05, 3.63) is 394 Å². The van der Waals surface area contributed by atoms with Gasteiger partial charge in [0, 0.05) is 99.7 Å². The number of fused-ring (bicyclic) bond motifs is 16. The van der Waals surface area contributed by atoms with E-state index in [-0.39, 0.29) is 98.6 Å². The van der Waals surface area contributed by atoms with E-state index in [4.69, 9.17) is 16.4 Å². The van der Waals surface area contributed by atoms with Gasteiger partial charge in [0.1, 0.15) is 0 Å². The maximum Gasteiger partial charge on any atom is 0.252 e. The van der Waals surface area contributed by atoms with Crippen LogP contribution in [0.15, 0.2) is 394 Å². The Morgan fingerprint density at radius 1 is 0.202 bits per heavy atom. The number of benzene rings is 17. The van der Waals surface area contributed by atoms with Gasteiger partial charge < -0.3 is 28.1 Å². The molecule has 0 bridgehead atoms. The predicted octanol–water partition coefficient (Wildman–Crippen LogP) is 24.8. The second kappa shape index (κ2) is 24.1. The van der Waals surface area contributed by atoms with E-state index < -0.39 is 200 Å². The van der Waals surface area contributed by atoms with Crippen molar-refractivity contribution in [1.82, 2.24) is 18.3 Å². The van der Waals surface area contributed by atoms with Crippen LogP contribution in [-0.4, -0.2) is 25.0 Å². The summed E-state index contributed by atoms with van der Waals surface area (Å²) in [5.74, 6) is 0. The van der Waals surface area contributed by atoms with E-state index in [1.54, 1.807) is 60.7 Å². The molecule has 4 aromatic heterocycles. The van der Waals surface area contributed by atoms with Crippen molar-refractivity contribution in [2.45, 2.75) is 0 Å². The molecule has 0 unspecified atom stereocenters. The number of aromatic nitrogens is 4. The average Bonchev–Trinajstić information content (AvgIpc) is 1.35. The van der Waals surface area contributed by atoms with Crippen molar-refractivity contribution < 1.29 is 43.9 Å². The molecule has 0 saturated carbocycles. The molecule has 0 amide bonds. The van der Waals surface area contributed by atoms with E-state index in [1.165, 1.54) is 18.3 Å². The Hall–Kier alpha value is -14.4. The van der Waals surface area contributed by atoms with Crippen LogP contribution in [0.25, 0.3) is 154 Å². The maximum atomic E-state index is 9.76. The van der Waals surface area contributed by atoms with E-state index >= 15 is 0 Å². The zero-order valence-corrected chi connectivity index (χ0v) is 56.8. The lowest BCUT2D eigenvalue weighted by Crippen LogP contribution is -2.61. The summed E-state index contributed by atoms with van der Waals surface area (Å²) in [5, 5.41) is -1.09. The zero-order chi connectivity index (χ0) is 99.2. The van der Waals surface area contributed by atoms with Gasteiger partial charge in [0.25, 0.3) is 6.71 Å². The summed E-state index contributed by atoms with van der Waals surface area (Å²) < 4.78 is 300. The summed E-state index contributed by atoms with van der Waals surface area (Å²) >= 11 is 0. The zero-order valence-electron chi connectivity index (χ0n) is 88.8. The summed E-state index contributed by atoms with van der Waals surface area (Å²) in [6, 6.07) is 42.4. The molecule has 0 aliphatic carbocycles. The quantitative estimate of drug-likeness (QED) is 0.128. The molecule has 6 heterocycles. The molecule has 0 N–H and O–H groups in total. The van der Waals surface area contributed by atoms with Crippen LogP contribution in [0.4, 0.5) is 34.1 Å². The van der Waals surface area contributed by atoms with Crippen LogP contribution < -0.4 is 26.2 Å². The standard InChI is InChI=1S/C102H65BN6/c1-11-44-88(76(34-1)70-30-21-26-66(60-70)68-28-23-32-72(62-68)104-90-46-13-3-36-78(90)79-37-4-14-47-91(79)104)108-98-54-25-55-99-102(98)103(86-58-56-74(64-100(86)108)106-94-50-17-7-40-82(94)83-41-8-18-51-95(83)106)87-59-57-75(107-96-52-19-9-42-84(96)85-43-10-20-53-97(85)107)65-101(87)109(99)89-45-12-2-35-77(89)71-31-22-27-67(61-71)69-29-24-33-73(63-69)105-92-48-15-5-38-80(92)81-39-6-16-49-93(81)105/h1-65H/i3D,4D,5D,6D,7D,8D,9D,10D,13D,14D,15D,16D,17D,18D,19D,20D,36D,37D,38D,39D,40D,41D,42D,43D,46D,47D,48D,49D,50D,51D,52D,53D. The Bertz CT molecular complexity index is 8570. The molecule has 0 fully saturated rings. The lowest BCUT2D eigenvalue weighted by atomic mass is 9.33. The monoisotopic (exact) mass is 1420 g/mol. The minimum atomic E-state index is -0.894. The van der Waals surface area contributed by atoms with Gasteiger partial charge >= 0.3 is 0 Å². The number of hydrogen-bond acceptors (Lipinski definition) is 2. The Kier molecular flexibility index (Phi) is 8.29. The summed E-state index contributed by atoms with van der Waals surface area (Å²) in [5.41, 5.74) is 9.55. The molecule has 6 nitrogen and oxygen atoms in total. The molecule has 506 valence electrons. The Morgan fingerprint density at radius 3 is 0.789 bits per heavy atom.